The highest BCUT2D eigenvalue weighted by atomic mass is 16.5. The molecular weight excluding hydrogens is 432 g/mol. The Morgan fingerprint density at radius 1 is 1.15 bits per heavy atom. The minimum absolute atomic E-state index is 0.0692. The largest absolute Gasteiger partial charge is 0.505 e. The molecule has 8 nitrogen and oxygen atoms in total. The van der Waals surface area contributed by atoms with Crippen molar-refractivity contribution in [2.75, 3.05) is 33.8 Å². The summed E-state index contributed by atoms with van der Waals surface area (Å²) >= 11 is 0. The number of carbonyl (C=O) groups excluding carboxylic acids is 2. The Bertz CT molecular complexity index is 1240. The van der Waals surface area contributed by atoms with Crippen molar-refractivity contribution >= 4 is 23.1 Å². The second kappa shape index (κ2) is 9.69. The van der Waals surface area contributed by atoms with Gasteiger partial charge >= 0.3 is 0 Å². The number of aryl methyl sites for hydroxylation is 1. The lowest BCUT2D eigenvalue weighted by atomic mass is 9.96. The van der Waals surface area contributed by atoms with Crippen LogP contribution in [-0.2, 0) is 9.59 Å². The van der Waals surface area contributed by atoms with Crippen LogP contribution < -0.4 is 4.74 Å². The molecule has 0 saturated carbocycles. The zero-order valence-corrected chi connectivity index (χ0v) is 20.0. The Hall–Kier alpha value is -3.65. The third kappa shape index (κ3) is 4.28. The Balaban J connectivity index is 1.85. The molecule has 34 heavy (non-hydrogen) atoms. The molecule has 4 rings (SSSR count). The van der Waals surface area contributed by atoms with Crippen LogP contribution >= 0.6 is 0 Å². The van der Waals surface area contributed by atoms with Gasteiger partial charge in [-0.15, -0.1) is 0 Å². The summed E-state index contributed by atoms with van der Waals surface area (Å²) in [4.78, 5) is 34.4. The summed E-state index contributed by atoms with van der Waals surface area (Å²) in [5, 5.41) is 11.5. The number of fused-ring (bicyclic) bond motifs is 1. The summed E-state index contributed by atoms with van der Waals surface area (Å²) in [6.45, 7) is 5.34. The highest BCUT2D eigenvalue weighted by Gasteiger charge is 2.46. The molecule has 0 spiro atoms. The molecule has 1 aliphatic heterocycles. The van der Waals surface area contributed by atoms with Crippen LogP contribution in [0.3, 0.4) is 0 Å². The average Bonchev–Trinajstić information content (AvgIpc) is 3.29. The molecule has 0 aliphatic carbocycles. The first-order valence-corrected chi connectivity index (χ1v) is 11.4. The Kier molecular flexibility index (Phi) is 6.70. The van der Waals surface area contributed by atoms with Crippen LogP contribution in [0.4, 0.5) is 0 Å². The number of carbonyl (C=O) groups is 2. The van der Waals surface area contributed by atoms with E-state index in [9.17, 15) is 14.7 Å². The van der Waals surface area contributed by atoms with Crippen molar-refractivity contribution < 1.29 is 19.4 Å². The lowest BCUT2D eigenvalue weighted by Crippen LogP contribution is -2.35. The number of ether oxygens (including phenoxy) is 1. The van der Waals surface area contributed by atoms with Crippen LogP contribution in [0.15, 0.2) is 54.2 Å². The number of nitrogens with zero attached hydrogens (tertiary/aromatic N) is 4. The van der Waals surface area contributed by atoms with E-state index < -0.39 is 17.7 Å². The SMILES string of the molecule is CCCOc1ccc(C2C(=C(O)c3c(C)nc4ccccn34)C(=O)C(=O)N2CCN(C)C)cc1. The molecule has 1 N–H and O–H groups in total. The van der Waals surface area contributed by atoms with Gasteiger partial charge in [0.2, 0.25) is 0 Å². The Morgan fingerprint density at radius 3 is 2.56 bits per heavy atom. The van der Waals surface area contributed by atoms with Gasteiger partial charge in [0.05, 0.1) is 23.9 Å². The van der Waals surface area contributed by atoms with Crippen molar-refractivity contribution in [3.8, 4) is 5.75 Å². The molecule has 8 heteroatoms. The van der Waals surface area contributed by atoms with Gasteiger partial charge < -0.3 is 19.6 Å². The molecule has 1 aliphatic rings. The number of aliphatic hydroxyl groups excluding tert-OH is 1. The summed E-state index contributed by atoms with van der Waals surface area (Å²) < 4.78 is 7.42. The number of likely N-dealkylation sites (N-methyl/N-ethyl adjacent to an activating group) is 1. The molecule has 1 unspecified atom stereocenters. The Labute approximate surface area is 199 Å². The number of aliphatic hydroxyl groups is 1. The molecule has 3 heterocycles. The van der Waals surface area contributed by atoms with Gasteiger partial charge in [0, 0.05) is 19.3 Å². The van der Waals surface area contributed by atoms with Gasteiger partial charge in [-0.2, -0.15) is 0 Å². The molecule has 1 aromatic carbocycles. The van der Waals surface area contributed by atoms with Gasteiger partial charge in [-0.1, -0.05) is 25.1 Å². The first-order valence-electron chi connectivity index (χ1n) is 11.4. The van der Waals surface area contributed by atoms with E-state index in [-0.39, 0.29) is 11.3 Å². The van der Waals surface area contributed by atoms with Gasteiger partial charge in [0.15, 0.2) is 5.76 Å². The second-order valence-corrected chi connectivity index (χ2v) is 8.69. The van der Waals surface area contributed by atoms with E-state index in [4.69, 9.17) is 4.74 Å². The number of imidazole rings is 1. The number of amides is 1. The van der Waals surface area contributed by atoms with Crippen LogP contribution in [0.25, 0.3) is 11.4 Å². The van der Waals surface area contributed by atoms with Crippen LogP contribution in [0.2, 0.25) is 0 Å². The summed E-state index contributed by atoms with van der Waals surface area (Å²) in [6.07, 6.45) is 2.67. The molecule has 1 atom stereocenters. The first-order chi connectivity index (χ1) is 16.3. The van der Waals surface area contributed by atoms with E-state index in [1.165, 1.54) is 4.90 Å². The second-order valence-electron chi connectivity index (χ2n) is 8.69. The predicted molar refractivity (Wildman–Crippen MR) is 130 cm³/mol. The van der Waals surface area contributed by atoms with Crippen molar-refractivity contribution in [2.24, 2.45) is 0 Å². The summed E-state index contributed by atoms with van der Waals surface area (Å²) in [6, 6.07) is 12.1. The third-order valence-corrected chi connectivity index (χ3v) is 5.93. The molecule has 1 saturated heterocycles. The lowest BCUT2D eigenvalue weighted by molar-refractivity contribution is -0.140. The summed E-state index contributed by atoms with van der Waals surface area (Å²) in [5.41, 5.74) is 2.44. The number of rotatable bonds is 8. The first kappa shape index (κ1) is 23.5. The van der Waals surface area contributed by atoms with Crippen LogP contribution in [0.5, 0.6) is 5.75 Å². The maximum Gasteiger partial charge on any atom is 0.295 e. The summed E-state index contributed by atoms with van der Waals surface area (Å²) in [5.74, 6) is -0.823. The standard InChI is InChI=1S/C26H30N4O4/c1-5-16-34-19-11-9-18(10-12-19)23-21(25(32)26(33)30(23)15-14-28(3)4)24(31)22-17(2)27-20-8-6-7-13-29(20)22/h6-13,23,31H,5,14-16H2,1-4H3. The molecule has 0 radical (unpaired) electrons. The highest BCUT2D eigenvalue weighted by Crippen LogP contribution is 2.40. The number of benzene rings is 1. The fourth-order valence-corrected chi connectivity index (χ4v) is 4.26. The molecule has 1 fully saturated rings. The van der Waals surface area contributed by atoms with E-state index in [2.05, 4.69) is 4.98 Å². The van der Waals surface area contributed by atoms with E-state index in [1.807, 2.05) is 68.4 Å². The number of hydrogen-bond acceptors (Lipinski definition) is 6. The minimum Gasteiger partial charge on any atom is -0.505 e. The van der Waals surface area contributed by atoms with E-state index >= 15 is 0 Å². The summed E-state index contributed by atoms with van der Waals surface area (Å²) in [7, 11) is 3.82. The number of aromatic nitrogens is 2. The number of pyridine rings is 1. The number of Topliss-reactive ketones (excluding diaryl/α,β-unsaturated/α-hetero) is 1. The third-order valence-electron chi connectivity index (χ3n) is 5.93. The van der Waals surface area contributed by atoms with Gasteiger partial charge in [-0.25, -0.2) is 4.98 Å². The molecule has 3 aromatic rings. The average molecular weight is 463 g/mol. The van der Waals surface area contributed by atoms with Crippen LogP contribution in [0.1, 0.15) is 36.3 Å². The fourth-order valence-electron chi connectivity index (χ4n) is 4.26. The van der Waals surface area contributed by atoms with Gasteiger partial charge in [0.25, 0.3) is 11.7 Å². The van der Waals surface area contributed by atoms with Crippen molar-refractivity contribution in [1.29, 1.82) is 0 Å². The molecule has 2 aromatic heterocycles. The molecular formula is C26H30N4O4. The van der Waals surface area contributed by atoms with Gasteiger partial charge in [-0.3, -0.25) is 14.0 Å². The monoisotopic (exact) mass is 462 g/mol. The zero-order chi connectivity index (χ0) is 24.4. The van der Waals surface area contributed by atoms with E-state index in [0.717, 1.165) is 12.0 Å². The van der Waals surface area contributed by atoms with E-state index in [1.54, 1.807) is 17.5 Å². The fraction of sp³-hybridized carbons (Fsp3) is 0.346. The Morgan fingerprint density at radius 2 is 1.88 bits per heavy atom. The molecule has 0 bridgehead atoms. The molecule has 178 valence electrons. The zero-order valence-electron chi connectivity index (χ0n) is 20.0. The van der Waals surface area contributed by atoms with Crippen molar-refractivity contribution in [1.82, 2.24) is 19.2 Å². The maximum absolute atomic E-state index is 13.3. The van der Waals surface area contributed by atoms with Crippen molar-refractivity contribution in [3.63, 3.8) is 0 Å². The number of likely N-dealkylation sites (tertiary alicyclic amines) is 1. The van der Waals surface area contributed by atoms with Gasteiger partial charge in [0.1, 0.15) is 17.1 Å². The van der Waals surface area contributed by atoms with Gasteiger partial charge in [-0.05, 0) is 57.3 Å². The normalized spacial score (nSPS) is 17.8. The topological polar surface area (TPSA) is 87.4 Å². The van der Waals surface area contributed by atoms with Crippen LogP contribution in [0, 0.1) is 6.92 Å². The highest BCUT2D eigenvalue weighted by molar-refractivity contribution is 6.46. The van der Waals surface area contributed by atoms with Crippen LogP contribution in [-0.4, -0.2) is 69.8 Å². The van der Waals surface area contributed by atoms with E-state index in [0.29, 0.717) is 42.5 Å². The molecule has 1 amide bonds. The van der Waals surface area contributed by atoms with Crippen molar-refractivity contribution in [2.45, 2.75) is 26.3 Å². The van der Waals surface area contributed by atoms with Crippen molar-refractivity contribution in [3.05, 3.63) is 71.2 Å². The maximum atomic E-state index is 13.3. The minimum atomic E-state index is -0.714. The number of ketones is 1. The lowest BCUT2D eigenvalue weighted by Gasteiger charge is -2.26. The smallest absolute Gasteiger partial charge is 0.295 e. The predicted octanol–water partition coefficient (Wildman–Crippen LogP) is 3.41. The number of hydrogen-bond donors (Lipinski definition) is 1. The quantitative estimate of drug-likeness (QED) is 0.314.